The highest BCUT2D eigenvalue weighted by Gasteiger charge is 2.13. The van der Waals surface area contributed by atoms with Gasteiger partial charge in [0, 0.05) is 6.07 Å². The van der Waals surface area contributed by atoms with Crippen LogP contribution >= 0.6 is 0 Å². The van der Waals surface area contributed by atoms with Crippen molar-refractivity contribution < 1.29 is 14.3 Å². The van der Waals surface area contributed by atoms with Crippen molar-refractivity contribution in [2.45, 2.75) is 0 Å². The van der Waals surface area contributed by atoms with Gasteiger partial charge in [0.2, 0.25) is 5.69 Å². The van der Waals surface area contributed by atoms with Crippen molar-refractivity contribution in [3.05, 3.63) is 18.0 Å². The molecule has 0 aliphatic carbocycles. The SMILES string of the molecule is COC(=O)c1nnccc1OC. The Hall–Kier alpha value is -1.65. The lowest BCUT2D eigenvalue weighted by Gasteiger charge is -2.02. The quantitative estimate of drug-likeness (QED) is 0.593. The Balaban J connectivity index is 3.04. The van der Waals surface area contributed by atoms with E-state index in [-0.39, 0.29) is 5.69 Å². The summed E-state index contributed by atoms with van der Waals surface area (Å²) >= 11 is 0. The minimum absolute atomic E-state index is 0.0856. The Bertz CT molecular complexity index is 288. The van der Waals surface area contributed by atoms with Gasteiger partial charge in [-0.25, -0.2) is 4.79 Å². The number of hydrogen-bond acceptors (Lipinski definition) is 5. The maximum absolute atomic E-state index is 11.0. The number of hydrogen-bond donors (Lipinski definition) is 0. The Morgan fingerprint density at radius 2 is 2.25 bits per heavy atom. The van der Waals surface area contributed by atoms with Gasteiger partial charge >= 0.3 is 5.97 Å². The smallest absolute Gasteiger partial charge is 0.362 e. The number of rotatable bonds is 2. The lowest BCUT2D eigenvalue weighted by Crippen LogP contribution is -2.07. The summed E-state index contributed by atoms with van der Waals surface area (Å²) in [6.07, 6.45) is 1.44. The van der Waals surface area contributed by atoms with E-state index in [9.17, 15) is 4.79 Å². The van der Waals surface area contributed by atoms with Crippen molar-refractivity contribution in [2.75, 3.05) is 14.2 Å². The monoisotopic (exact) mass is 168 g/mol. The predicted octanol–water partition coefficient (Wildman–Crippen LogP) is 0.272. The second kappa shape index (κ2) is 3.66. The van der Waals surface area contributed by atoms with E-state index in [0.29, 0.717) is 5.75 Å². The van der Waals surface area contributed by atoms with Crippen molar-refractivity contribution in [3.8, 4) is 5.75 Å². The Kier molecular flexibility index (Phi) is 2.57. The fourth-order valence-electron chi connectivity index (χ4n) is 0.723. The normalized spacial score (nSPS) is 9.17. The highest BCUT2D eigenvalue weighted by atomic mass is 16.5. The molecular formula is C7H8N2O3. The molecule has 5 heteroatoms. The van der Waals surface area contributed by atoms with Crippen LogP contribution in [-0.2, 0) is 4.74 Å². The van der Waals surface area contributed by atoms with Crippen LogP contribution in [0, 0.1) is 0 Å². The zero-order valence-corrected chi connectivity index (χ0v) is 6.77. The molecule has 1 rings (SSSR count). The van der Waals surface area contributed by atoms with Gasteiger partial charge < -0.3 is 9.47 Å². The summed E-state index contributed by atoms with van der Waals surface area (Å²) in [5.74, 6) is -0.197. The lowest BCUT2D eigenvalue weighted by atomic mass is 10.3. The number of carbonyl (C=O) groups excluding carboxylic acids is 1. The molecule has 12 heavy (non-hydrogen) atoms. The van der Waals surface area contributed by atoms with Gasteiger partial charge in [-0.15, -0.1) is 5.10 Å². The molecule has 64 valence electrons. The van der Waals surface area contributed by atoms with E-state index in [1.54, 1.807) is 6.07 Å². The molecule has 0 radical (unpaired) electrons. The molecule has 0 N–H and O–H groups in total. The molecule has 1 heterocycles. The molecule has 1 aromatic heterocycles. The Morgan fingerprint density at radius 3 is 2.83 bits per heavy atom. The summed E-state index contributed by atoms with van der Waals surface area (Å²) in [5, 5.41) is 7.10. The summed E-state index contributed by atoms with van der Waals surface area (Å²) in [6.45, 7) is 0. The zero-order valence-electron chi connectivity index (χ0n) is 6.77. The van der Waals surface area contributed by atoms with Crippen LogP contribution in [-0.4, -0.2) is 30.4 Å². The molecule has 0 atom stereocenters. The van der Waals surface area contributed by atoms with Crippen LogP contribution < -0.4 is 4.74 Å². The average molecular weight is 168 g/mol. The van der Waals surface area contributed by atoms with Gasteiger partial charge in [0.05, 0.1) is 20.4 Å². The number of aromatic nitrogens is 2. The molecule has 0 unspecified atom stereocenters. The molecule has 0 aromatic carbocycles. The molecule has 5 nitrogen and oxygen atoms in total. The van der Waals surface area contributed by atoms with E-state index >= 15 is 0 Å². The highest BCUT2D eigenvalue weighted by molar-refractivity contribution is 5.89. The summed E-state index contributed by atoms with van der Waals surface area (Å²) in [4.78, 5) is 11.0. The van der Waals surface area contributed by atoms with E-state index < -0.39 is 5.97 Å². The van der Waals surface area contributed by atoms with Crippen molar-refractivity contribution in [1.29, 1.82) is 0 Å². The van der Waals surface area contributed by atoms with E-state index in [2.05, 4.69) is 14.9 Å². The van der Waals surface area contributed by atoms with Crippen LogP contribution in [0.5, 0.6) is 5.75 Å². The molecule has 0 aliphatic rings. The second-order valence-electron chi connectivity index (χ2n) is 1.94. The fraction of sp³-hybridized carbons (Fsp3) is 0.286. The van der Waals surface area contributed by atoms with Crippen molar-refractivity contribution in [1.82, 2.24) is 10.2 Å². The van der Waals surface area contributed by atoms with Crippen molar-refractivity contribution in [2.24, 2.45) is 0 Å². The van der Waals surface area contributed by atoms with Crippen LogP contribution in [0.25, 0.3) is 0 Å². The van der Waals surface area contributed by atoms with Crippen LogP contribution in [0.3, 0.4) is 0 Å². The van der Waals surface area contributed by atoms with E-state index in [1.165, 1.54) is 20.4 Å². The van der Waals surface area contributed by atoms with Crippen LogP contribution in [0.15, 0.2) is 12.3 Å². The molecule has 0 fully saturated rings. The number of methoxy groups -OCH3 is 2. The second-order valence-corrected chi connectivity index (χ2v) is 1.94. The maximum Gasteiger partial charge on any atom is 0.362 e. The zero-order chi connectivity index (χ0) is 8.97. The van der Waals surface area contributed by atoms with Gasteiger partial charge in [-0.2, -0.15) is 5.10 Å². The first kappa shape index (κ1) is 8.45. The average Bonchev–Trinajstić information content (AvgIpc) is 2.16. The molecule has 0 spiro atoms. The third-order valence-corrected chi connectivity index (χ3v) is 1.28. The molecule has 0 saturated heterocycles. The molecule has 1 aromatic rings. The van der Waals surface area contributed by atoms with Gasteiger partial charge in [0.25, 0.3) is 0 Å². The molecule has 0 aliphatic heterocycles. The van der Waals surface area contributed by atoms with Crippen LogP contribution in [0.2, 0.25) is 0 Å². The Morgan fingerprint density at radius 1 is 1.50 bits per heavy atom. The Labute approximate surface area is 69.3 Å². The third-order valence-electron chi connectivity index (χ3n) is 1.28. The van der Waals surface area contributed by atoms with Gasteiger partial charge in [-0.05, 0) is 0 Å². The van der Waals surface area contributed by atoms with Gasteiger partial charge in [0.1, 0.15) is 0 Å². The molecule has 0 bridgehead atoms. The minimum Gasteiger partial charge on any atom is -0.494 e. The largest absolute Gasteiger partial charge is 0.494 e. The van der Waals surface area contributed by atoms with Gasteiger partial charge in [-0.3, -0.25) is 0 Å². The van der Waals surface area contributed by atoms with Crippen LogP contribution in [0.1, 0.15) is 10.5 Å². The maximum atomic E-state index is 11.0. The topological polar surface area (TPSA) is 61.3 Å². The van der Waals surface area contributed by atoms with Crippen molar-refractivity contribution >= 4 is 5.97 Å². The van der Waals surface area contributed by atoms with Crippen molar-refractivity contribution in [3.63, 3.8) is 0 Å². The van der Waals surface area contributed by atoms with E-state index in [4.69, 9.17) is 4.74 Å². The standard InChI is InChI=1S/C7H8N2O3/c1-11-5-3-4-8-9-6(5)7(10)12-2/h3-4H,1-2H3. The predicted molar refractivity (Wildman–Crippen MR) is 39.9 cm³/mol. The summed E-state index contributed by atoms with van der Waals surface area (Å²) in [5.41, 5.74) is 0.0856. The number of esters is 1. The third kappa shape index (κ3) is 1.50. The summed E-state index contributed by atoms with van der Waals surface area (Å²) < 4.78 is 9.32. The van der Waals surface area contributed by atoms with E-state index in [1.807, 2.05) is 0 Å². The summed E-state index contributed by atoms with van der Waals surface area (Å²) in [7, 11) is 2.72. The molecular weight excluding hydrogens is 160 g/mol. The number of ether oxygens (including phenoxy) is 2. The number of nitrogens with zero attached hydrogens (tertiary/aromatic N) is 2. The first-order chi connectivity index (χ1) is 5.79. The lowest BCUT2D eigenvalue weighted by molar-refractivity contribution is 0.0588. The first-order valence-corrected chi connectivity index (χ1v) is 3.23. The van der Waals surface area contributed by atoms with Crippen LogP contribution in [0.4, 0.5) is 0 Å². The number of carbonyl (C=O) groups is 1. The minimum atomic E-state index is -0.556. The first-order valence-electron chi connectivity index (χ1n) is 3.23. The molecule has 0 amide bonds. The van der Waals surface area contributed by atoms with Gasteiger partial charge in [0.15, 0.2) is 5.75 Å². The van der Waals surface area contributed by atoms with E-state index in [0.717, 1.165) is 0 Å². The molecule has 0 saturated carbocycles. The fourth-order valence-corrected chi connectivity index (χ4v) is 0.723. The highest BCUT2D eigenvalue weighted by Crippen LogP contribution is 2.13. The van der Waals surface area contributed by atoms with Gasteiger partial charge in [-0.1, -0.05) is 0 Å². The summed E-state index contributed by atoms with van der Waals surface area (Å²) in [6, 6.07) is 1.54.